The van der Waals surface area contributed by atoms with Crippen LogP contribution in [0.2, 0.25) is 5.15 Å². The Bertz CT molecular complexity index is 387. The molecule has 0 bridgehead atoms. The predicted octanol–water partition coefficient (Wildman–Crippen LogP) is 2.95. The fourth-order valence-corrected chi connectivity index (χ4v) is 1.45. The van der Waals surface area contributed by atoms with Crippen LogP contribution in [0, 0.1) is 0 Å². The Morgan fingerprint density at radius 2 is 2.47 bits per heavy atom. The van der Waals surface area contributed by atoms with E-state index in [4.69, 9.17) is 11.6 Å². The molecule has 0 aliphatic carbocycles. The molecule has 0 spiro atoms. The van der Waals surface area contributed by atoms with Crippen LogP contribution >= 0.6 is 11.6 Å². The molecule has 0 aromatic carbocycles. The second-order valence-corrected chi connectivity index (χ2v) is 3.22. The molecule has 80 valence electrons. The molecular formula is C10H10ClFN2O. The van der Waals surface area contributed by atoms with Crippen molar-refractivity contribution in [2.24, 2.45) is 0 Å². The molecule has 3 nitrogen and oxygen atoms in total. The summed E-state index contributed by atoms with van der Waals surface area (Å²) in [6.45, 7) is 3.55. The van der Waals surface area contributed by atoms with Crippen LogP contribution in [-0.2, 0) is 0 Å². The van der Waals surface area contributed by atoms with E-state index >= 15 is 0 Å². The van der Waals surface area contributed by atoms with E-state index in [2.05, 4.69) is 11.7 Å². The molecule has 0 saturated carbocycles. The fraction of sp³-hybridized carbons (Fsp3) is 0.200. The van der Waals surface area contributed by atoms with Gasteiger partial charge in [-0.05, 0) is 12.5 Å². The number of nitrogens with zero attached hydrogens (tertiary/aromatic N) is 2. The van der Waals surface area contributed by atoms with Gasteiger partial charge in [0.1, 0.15) is 5.15 Å². The van der Waals surface area contributed by atoms with Crippen LogP contribution in [0.15, 0.2) is 31.3 Å². The second kappa shape index (κ2) is 5.46. The number of hydrogen-bond donors (Lipinski definition) is 0. The molecule has 5 heteroatoms. The Labute approximate surface area is 91.8 Å². The zero-order chi connectivity index (χ0) is 11.3. The van der Waals surface area contributed by atoms with Gasteiger partial charge in [0.25, 0.3) is 0 Å². The Balaban J connectivity index is 3.04. The van der Waals surface area contributed by atoms with Gasteiger partial charge in [0.15, 0.2) is 6.29 Å². The summed E-state index contributed by atoms with van der Waals surface area (Å²) in [6, 6.07) is -0.353. The summed E-state index contributed by atoms with van der Waals surface area (Å²) in [4.78, 5) is 10.5. The van der Waals surface area contributed by atoms with Crippen molar-refractivity contribution >= 4 is 17.9 Å². The number of halogens is 2. The van der Waals surface area contributed by atoms with Crippen LogP contribution in [0.25, 0.3) is 0 Å². The molecule has 0 N–H and O–H groups in total. The fourth-order valence-electron chi connectivity index (χ4n) is 1.19. The van der Waals surface area contributed by atoms with Crippen LogP contribution in [0.1, 0.15) is 22.8 Å². The first-order valence-corrected chi connectivity index (χ1v) is 4.68. The molecule has 1 aromatic heterocycles. The zero-order valence-corrected chi connectivity index (χ0v) is 8.69. The molecule has 0 aliphatic heterocycles. The van der Waals surface area contributed by atoms with Gasteiger partial charge in [-0.15, -0.1) is 6.58 Å². The number of carbonyl (C=O) groups excluding carboxylic acids is 1. The highest BCUT2D eigenvalue weighted by molar-refractivity contribution is 6.31. The Hall–Kier alpha value is -1.42. The van der Waals surface area contributed by atoms with Crippen molar-refractivity contribution in [3.8, 4) is 0 Å². The standard InChI is InChI=1S/C10H10ClFN2O/c1-2-3-9(4-5-12)14-10(11)8(7-15)6-13-14/h2,4-7,9H,1,3H2. The van der Waals surface area contributed by atoms with Crippen molar-refractivity contribution in [3.05, 3.63) is 42.0 Å². The molecule has 0 saturated heterocycles. The van der Waals surface area contributed by atoms with Crippen LogP contribution < -0.4 is 0 Å². The van der Waals surface area contributed by atoms with Gasteiger partial charge >= 0.3 is 0 Å². The van der Waals surface area contributed by atoms with Gasteiger partial charge in [-0.3, -0.25) is 4.79 Å². The minimum atomic E-state index is -0.353. The maximum atomic E-state index is 12.1. The van der Waals surface area contributed by atoms with Gasteiger partial charge < -0.3 is 0 Å². The van der Waals surface area contributed by atoms with Gasteiger partial charge in [0, 0.05) is 0 Å². The average Bonchev–Trinajstić information content (AvgIpc) is 2.59. The summed E-state index contributed by atoms with van der Waals surface area (Å²) in [7, 11) is 0. The minimum Gasteiger partial charge on any atom is -0.298 e. The Morgan fingerprint density at radius 3 is 2.93 bits per heavy atom. The highest BCUT2D eigenvalue weighted by Gasteiger charge is 2.13. The molecule has 1 aromatic rings. The molecule has 0 amide bonds. The summed E-state index contributed by atoms with van der Waals surface area (Å²) in [5.41, 5.74) is 0.290. The van der Waals surface area contributed by atoms with E-state index in [1.165, 1.54) is 17.0 Å². The lowest BCUT2D eigenvalue weighted by Crippen LogP contribution is -2.07. The third kappa shape index (κ3) is 2.53. The molecule has 1 heterocycles. The highest BCUT2D eigenvalue weighted by atomic mass is 35.5. The summed E-state index contributed by atoms with van der Waals surface area (Å²) in [5, 5.41) is 4.12. The van der Waals surface area contributed by atoms with E-state index in [0.29, 0.717) is 19.0 Å². The van der Waals surface area contributed by atoms with Crippen LogP contribution in [0.3, 0.4) is 0 Å². The molecular weight excluding hydrogens is 219 g/mol. The molecule has 15 heavy (non-hydrogen) atoms. The molecule has 1 unspecified atom stereocenters. The van der Waals surface area contributed by atoms with Gasteiger partial charge in [-0.25, -0.2) is 9.07 Å². The lowest BCUT2D eigenvalue weighted by molar-refractivity contribution is 0.112. The van der Waals surface area contributed by atoms with E-state index in [1.807, 2.05) is 0 Å². The van der Waals surface area contributed by atoms with Gasteiger partial charge in [0.05, 0.1) is 24.1 Å². The maximum absolute atomic E-state index is 12.1. The summed E-state index contributed by atoms with van der Waals surface area (Å²) in [5.74, 6) is 0. The van der Waals surface area contributed by atoms with Crippen molar-refractivity contribution < 1.29 is 9.18 Å². The average molecular weight is 229 g/mol. The van der Waals surface area contributed by atoms with Crippen LogP contribution in [-0.4, -0.2) is 16.1 Å². The van der Waals surface area contributed by atoms with Gasteiger partial charge in [-0.1, -0.05) is 17.7 Å². The Kier molecular flexibility index (Phi) is 4.24. The third-order valence-electron chi connectivity index (χ3n) is 1.90. The summed E-state index contributed by atoms with van der Waals surface area (Å²) >= 11 is 5.87. The zero-order valence-electron chi connectivity index (χ0n) is 7.94. The van der Waals surface area contributed by atoms with Crippen molar-refractivity contribution in [3.63, 3.8) is 0 Å². The first-order chi connectivity index (χ1) is 7.24. The van der Waals surface area contributed by atoms with Crippen molar-refractivity contribution in [1.29, 1.82) is 0 Å². The molecule has 0 radical (unpaired) electrons. The van der Waals surface area contributed by atoms with Gasteiger partial charge in [-0.2, -0.15) is 5.10 Å². The first kappa shape index (κ1) is 11.7. The first-order valence-electron chi connectivity index (χ1n) is 4.30. The van der Waals surface area contributed by atoms with E-state index in [9.17, 15) is 9.18 Å². The van der Waals surface area contributed by atoms with E-state index < -0.39 is 0 Å². The predicted molar refractivity (Wildman–Crippen MR) is 56.7 cm³/mol. The number of allylic oxidation sites excluding steroid dienone is 2. The summed E-state index contributed by atoms with van der Waals surface area (Å²) < 4.78 is 13.5. The van der Waals surface area contributed by atoms with Crippen LogP contribution in [0.5, 0.6) is 0 Å². The second-order valence-electron chi connectivity index (χ2n) is 2.86. The number of aromatic nitrogens is 2. The van der Waals surface area contributed by atoms with E-state index in [0.717, 1.165) is 0 Å². The smallest absolute Gasteiger partial charge is 0.154 e. The van der Waals surface area contributed by atoms with Crippen molar-refractivity contribution in [2.45, 2.75) is 12.5 Å². The molecule has 1 atom stereocenters. The highest BCUT2D eigenvalue weighted by Crippen LogP contribution is 2.22. The lowest BCUT2D eigenvalue weighted by Gasteiger charge is -2.11. The lowest BCUT2D eigenvalue weighted by atomic mass is 10.2. The normalized spacial score (nSPS) is 12.9. The largest absolute Gasteiger partial charge is 0.298 e. The van der Waals surface area contributed by atoms with E-state index in [-0.39, 0.29) is 16.8 Å². The molecule has 0 fully saturated rings. The van der Waals surface area contributed by atoms with Crippen molar-refractivity contribution in [1.82, 2.24) is 9.78 Å². The number of aldehydes is 1. The summed E-state index contributed by atoms with van der Waals surface area (Å²) in [6.07, 6.45) is 5.79. The minimum absolute atomic E-state index is 0.204. The monoisotopic (exact) mass is 228 g/mol. The topological polar surface area (TPSA) is 34.9 Å². The van der Waals surface area contributed by atoms with Crippen molar-refractivity contribution in [2.75, 3.05) is 0 Å². The number of carbonyl (C=O) groups is 1. The SMILES string of the molecule is C=CCC(C=CF)n1ncc(C=O)c1Cl. The number of hydrogen-bond acceptors (Lipinski definition) is 2. The number of rotatable bonds is 5. The quantitative estimate of drug-likeness (QED) is 0.574. The van der Waals surface area contributed by atoms with Gasteiger partial charge in [0.2, 0.25) is 0 Å². The maximum Gasteiger partial charge on any atom is 0.154 e. The molecule has 0 aliphatic rings. The third-order valence-corrected chi connectivity index (χ3v) is 2.30. The van der Waals surface area contributed by atoms with Crippen LogP contribution in [0.4, 0.5) is 4.39 Å². The van der Waals surface area contributed by atoms with E-state index in [1.54, 1.807) is 6.08 Å². The Morgan fingerprint density at radius 1 is 1.73 bits per heavy atom. The molecule has 1 rings (SSSR count).